The lowest BCUT2D eigenvalue weighted by Crippen LogP contribution is -2.53. The molecule has 2 aromatic carbocycles. The van der Waals surface area contributed by atoms with Gasteiger partial charge < -0.3 is 25.3 Å². The van der Waals surface area contributed by atoms with Gasteiger partial charge in [0.1, 0.15) is 0 Å². The smallest absolute Gasteiger partial charge is 0.251 e. The first-order valence-electron chi connectivity index (χ1n) is 17.4. The molecule has 3 atom stereocenters. The van der Waals surface area contributed by atoms with E-state index in [-0.39, 0.29) is 41.6 Å². The van der Waals surface area contributed by atoms with Crippen molar-refractivity contribution >= 4 is 23.4 Å². The number of unbranched alkanes of at least 4 members (excludes halogenated alkanes) is 1. The summed E-state index contributed by atoms with van der Waals surface area (Å²) in [5, 5.41) is 6.28. The van der Waals surface area contributed by atoms with Crippen LogP contribution in [0.3, 0.4) is 0 Å². The molecule has 2 N–H and O–H groups in total. The molecule has 0 radical (unpaired) electrons. The first-order valence-corrected chi connectivity index (χ1v) is 17.4. The van der Waals surface area contributed by atoms with Gasteiger partial charge >= 0.3 is 0 Å². The molecule has 46 heavy (non-hydrogen) atoms. The number of nitrogens with zero attached hydrogens (tertiary/aromatic N) is 3. The fraction of sp³-hybridized carbons (Fsp3) is 0.605. The molecule has 8 heteroatoms. The van der Waals surface area contributed by atoms with Crippen molar-refractivity contribution in [2.24, 2.45) is 11.8 Å². The van der Waals surface area contributed by atoms with E-state index < -0.39 is 0 Å². The second-order valence-corrected chi connectivity index (χ2v) is 14.2. The Balaban J connectivity index is 1.60. The largest absolute Gasteiger partial charge is 0.371 e. The van der Waals surface area contributed by atoms with Crippen LogP contribution in [0.5, 0.6) is 0 Å². The Kier molecular flexibility index (Phi) is 12.3. The van der Waals surface area contributed by atoms with E-state index in [0.717, 1.165) is 80.4 Å². The van der Waals surface area contributed by atoms with E-state index in [1.54, 1.807) is 6.92 Å². The number of piperidine rings is 1. The van der Waals surface area contributed by atoms with Gasteiger partial charge in [0.25, 0.3) is 5.91 Å². The van der Waals surface area contributed by atoms with Gasteiger partial charge in [-0.1, -0.05) is 44.5 Å². The predicted octanol–water partition coefficient (Wildman–Crippen LogP) is 6.01. The topological polar surface area (TPSA) is 85.0 Å². The lowest BCUT2D eigenvalue weighted by molar-refractivity contribution is -0.144. The van der Waals surface area contributed by atoms with Crippen molar-refractivity contribution < 1.29 is 14.4 Å². The number of amides is 3. The molecule has 2 aliphatic rings. The Morgan fingerprint density at radius 1 is 0.978 bits per heavy atom. The summed E-state index contributed by atoms with van der Waals surface area (Å²) in [6, 6.07) is 13.6. The van der Waals surface area contributed by atoms with Gasteiger partial charge in [-0.3, -0.25) is 14.4 Å². The van der Waals surface area contributed by atoms with Gasteiger partial charge in [-0.05, 0) is 107 Å². The zero-order valence-electron chi connectivity index (χ0n) is 29.5. The van der Waals surface area contributed by atoms with Gasteiger partial charge in [0.15, 0.2) is 0 Å². The third-order valence-electron chi connectivity index (χ3n) is 10.2. The van der Waals surface area contributed by atoms with E-state index in [0.29, 0.717) is 18.2 Å². The standard InChI is InChI=1S/C38H57N5O3/c1-9-10-19-43-26(3)20-25(2)35(38(43)46)23-39-37(45)34-21-31(30-13-11-29(12-14-30)24-41(6)7)22-36(27(34)4)42(8)33-17-15-32(16-18-33)40-28(5)44/h11-14,21-22,25-26,32-33,35H,9-10,15-20,23-24H2,1-8H3,(H,39,45)(H,40,44). The third kappa shape index (κ3) is 8.69. The van der Waals surface area contributed by atoms with Gasteiger partial charge in [0.2, 0.25) is 11.8 Å². The van der Waals surface area contributed by atoms with Gasteiger partial charge in [0.05, 0.1) is 5.92 Å². The van der Waals surface area contributed by atoms with Crippen LogP contribution in [-0.2, 0) is 16.1 Å². The number of anilines is 1. The lowest BCUT2D eigenvalue weighted by Gasteiger charge is -2.41. The van der Waals surface area contributed by atoms with Crippen molar-refractivity contribution in [3.05, 3.63) is 53.1 Å². The highest BCUT2D eigenvalue weighted by Gasteiger charge is 2.38. The molecule has 0 bridgehead atoms. The van der Waals surface area contributed by atoms with E-state index in [2.05, 4.69) is 92.7 Å². The van der Waals surface area contributed by atoms with Gasteiger partial charge in [-0.25, -0.2) is 0 Å². The summed E-state index contributed by atoms with van der Waals surface area (Å²) >= 11 is 0. The lowest BCUT2D eigenvalue weighted by atomic mass is 9.82. The first kappa shape index (κ1) is 35.5. The Morgan fingerprint density at radius 2 is 1.65 bits per heavy atom. The molecule has 1 saturated carbocycles. The van der Waals surface area contributed by atoms with E-state index in [1.807, 2.05) is 17.9 Å². The van der Waals surface area contributed by atoms with Crippen LogP contribution in [0, 0.1) is 18.8 Å². The number of hydrogen-bond acceptors (Lipinski definition) is 5. The molecular weight excluding hydrogens is 574 g/mol. The van der Waals surface area contributed by atoms with Crippen molar-refractivity contribution in [3.63, 3.8) is 0 Å². The molecule has 1 heterocycles. The molecule has 3 unspecified atom stereocenters. The van der Waals surface area contributed by atoms with E-state index in [9.17, 15) is 14.4 Å². The maximum absolute atomic E-state index is 14.0. The van der Waals surface area contributed by atoms with Gasteiger partial charge in [-0.2, -0.15) is 0 Å². The maximum Gasteiger partial charge on any atom is 0.251 e. The zero-order valence-corrected chi connectivity index (χ0v) is 29.5. The average Bonchev–Trinajstić information content (AvgIpc) is 3.00. The molecule has 1 aliphatic heterocycles. The van der Waals surface area contributed by atoms with Crippen LogP contribution in [0.4, 0.5) is 5.69 Å². The minimum absolute atomic E-state index is 0.0279. The molecule has 4 rings (SSSR count). The van der Waals surface area contributed by atoms with Crippen LogP contribution in [0.2, 0.25) is 0 Å². The number of carbonyl (C=O) groups is 3. The highest BCUT2D eigenvalue weighted by molar-refractivity contribution is 5.99. The minimum atomic E-state index is -0.217. The average molecular weight is 632 g/mol. The minimum Gasteiger partial charge on any atom is -0.371 e. The third-order valence-corrected chi connectivity index (χ3v) is 10.2. The van der Waals surface area contributed by atoms with E-state index in [1.165, 1.54) is 5.56 Å². The first-order chi connectivity index (χ1) is 21.9. The molecule has 3 amide bonds. The molecule has 0 spiro atoms. The second-order valence-electron chi connectivity index (χ2n) is 14.2. The van der Waals surface area contributed by atoms with Gasteiger partial charge in [-0.15, -0.1) is 0 Å². The quantitative estimate of drug-likeness (QED) is 0.300. The maximum atomic E-state index is 14.0. The molecule has 2 fully saturated rings. The summed E-state index contributed by atoms with van der Waals surface area (Å²) in [5.41, 5.74) is 5.94. The fourth-order valence-corrected chi connectivity index (χ4v) is 7.48. The van der Waals surface area contributed by atoms with Crippen molar-refractivity contribution in [2.75, 3.05) is 39.1 Å². The summed E-state index contributed by atoms with van der Waals surface area (Å²) in [5.74, 6) is 0.0544. The predicted molar refractivity (Wildman–Crippen MR) is 188 cm³/mol. The monoisotopic (exact) mass is 631 g/mol. The SMILES string of the molecule is CCCCN1C(=O)C(CNC(=O)c2cc(-c3ccc(CN(C)C)cc3)cc(N(C)C3CCC(NC(C)=O)CC3)c2C)C(C)CC1C. The van der Waals surface area contributed by atoms with Crippen LogP contribution in [0.15, 0.2) is 36.4 Å². The molecule has 8 nitrogen and oxygen atoms in total. The Morgan fingerprint density at radius 3 is 2.26 bits per heavy atom. The van der Waals surface area contributed by atoms with Crippen molar-refractivity contribution in [1.82, 2.24) is 20.4 Å². The molecule has 1 saturated heterocycles. The number of nitrogens with one attached hydrogen (secondary N) is 2. The summed E-state index contributed by atoms with van der Waals surface area (Å²) in [6.07, 6.45) is 6.82. The number of benzene rings is 2. The number of rotatable bonds is 12. The highest BCUT2D eigenvalue weighted by atomic mass is 16.2. The number of carbonyl (C=O) groups excluding carboxylic acids is 3. The van der Waals surface area contributed by atoms with Crippen LogP contribution >= 0.6 is 0 Å². The molecule has 1 aliphatic carbocycles. The molecular formula is C38H57N5O3. The molecule has 0 aromatic heterocycles. The van der Waals surface area contributed by atoms with Gasteiger partial charge in [0, 0.05) is 63.0 Å². The Labute approximate surface area is 277 Å². The highest BCUT2D eigenvalue weighted by Crippen LogP contribution is 2.35. The van der Waals surface area contributed by atoms with Crippen molar-refractivity contribution in [3.8, 4) is 11.1 Å². The summed E-state index contributed by atoms with van der Waals surface area (Å²) in [6.45, 7) is 12.0. The Bertz CT molecular complexity index is 1350. The van der Waals surface area contributed by atoms with Crippen molar-refractivity contribution in [2.45, 2.75) is 104 Å². The van der Waals surface area contributed by atoms with Crippen LogP contribution in [0.25, 0.3) is 11.1 Å². The number of hydrogen-bond donors (Lipinski definition) is 2. The zero-order chi connectivity index (χ0) is 33.5. The molecule has 252 valence electrons. The van der Waals surface area contributed by atoms with Crippen LogP contribution in [0.1, 0.15) is 94.1 Å². The Hall–Kier alpha value is -3.39. The summed E-state index contributed by atoms with van der Waals surface area (Å²) < 4.78 is 0. The summed E-state index contributed by atoms with van der Waals surface area (Å²) in [7, 11) is 6.26. The number of likely N-dealkylation sites (tertiary alicyclic amines) is 1. The molecule has 2 aromatic rings. The normalized spacial score (nSPS) is 23.4. The van der Waals surface area contributed by atoms with Crippen LogP contribution in [-0.4, -0.2) is 79.9 Å². The van der Waals surface area contributed by atoms with E-state index in [4.69, 9.17) is 0 Å². The van der Waals surface area contributed by atoms with Crippen molar-refractivity contribution in [1.29, 1.82) is 0 Å². The van der Waals surface area contributed by atoms with E-state index >= 15 is 0 Å². The fourth-order valence-electron chi connectivity index (χ4n) is 7.48. The second kappa shape index (κ2) is 15.9. The summed E-state index contributed by atoms with van der Waals surface area (Å²) in [4.78, 5) is 45.7. The van der Waals surface area contributed by atoms with Crippen LogP contribution < -0.4 is 15.5 Å².